The van der Waals surface area contributed by atoms with Gasteiger partial charge >= 0.3 is 6.18 Å². The van der Waals surface area contributed by atoms with E-state index in [9.17, 15) is 18.0 Å². The minimum atomic E-state index is -4.52. The van der Waals surface area contributed by atoms with Crippen LogP contribution in [0.25, 0.3) is 10.9 Å². The van der Waals surface area contributed by atoms with Crippen LogP contribution >= 0.6 is 0 Å². The van der Waals surface area contributed by atoms with Crippen LogP contribution in [0.1, 0.15) is 67.1 Å². The maximum atomic E-state index is 13.6. The van der Waals surface area contributed by atoms with E-state index in [4.69, 9.17) is 5.73 Å². The van der Waals surface area contributed by atoms with Gasteiger partial charge in [-0.1, -0.05) is 44.6 Å². The van der Waals surface area contributed by atoms with Gasteiger partial charge in [0, 0.05) is 23.1 Å². The molecule has 2 aromatic rings. The molecular weight excluding hydrogens is 341 g/mol. The number of alkyl halides is 3. The average Bonchev–Trinajstić information content (AvgIpc) is 2.70. The number of amides is 1. The van der Waals surface area contributed by atoms with Crippen LogP contribution in [0.15, 0.2) is 18.2 Å². The molecule has 2 N–H and O–H groups in total. The molecule has 0 saturated heterocycles. The van der Waals surface area contributed by atoms with Crippen molar-refractivity contribution in [3.63, 3.8) is 0 Å². The van der Waals surface area contributed by atoms with Crippen molar-refractivity contribution in [1.82, 2.24) is 4.57 Å². The fraction of sp³-hybridized carbons (Fsp3) is 0.550. The summed E-state index contributed by atoms with van der Waals surface area (Å²) in [7, 11) is 0. The van der Waals surface area contributed by atoms with Gasteiger partial charge in [0.1, 0.15) is 0 Å². The van der Waals surface area contributed by atoms with E-state index in [2.05, 4.69) is 0 Å². The first-order valence-electron chi connectivity index (χ1n) is 9.35. The monoisotopic (exact) mass is 366 g/mol. The Morgan fingerprint density at radius 3 is 2.38 bits per heavy atom. The Kier molecular flexibility index (Phi) is 5.30. The fourth-order valence-corrected chi connectivity index (χ4v) is 4.37. The van der Waals surface area contributed by atoms with E-state index < -0.39 is 17.6 Å². The highest BCUT2D eigenvalue weighted by Crippen LogP contribution is 2.40. The predicted octanol–water partition coefficient (Wildman–Crippen LogP) is 5.29. The maximum Gasteiger partial charge on any atom is 0.417 e. The van der Waals surface area contributed by atoms with E-state index in [0.29, 0.717) is 30.1 Å². The van der Waals surface area contributed by atoms with Crippen molar-refractivity contribution in [3.05, 3.63) is 35.0 Å². The summed E-state index contributed by atoms with van der Waals surface area (Å²) in [5.41, 5.74) is 5.96. The van der Waals surface area contributed by atoms with E-state index in [1.165, 1.54) is 18.9 Å². The van der Waals surface area contributed by atoms with Crippen molar-refractivity contribution >= 4 is 16.8 Å². The average molecular weight is 366 g/mol. The first kappa shape index (κ1) is 18.8. The summed E-state index contributed by atoms with van der Waals surface area (Å²) in [4.78, 5) is 12.2. The number of hydrogen-bond donors (Lipinski definition) is 1. The van der Waals surface area contributed by atoms with Gasteiger partial charge in [0.05, 0.1) is 11.1 Å². The number of carbonyl (C=O) groups is 1. The molecule has 142 valence electrons. The molecule has 3 nitrogen and oxygen atoms in total. The summed E-state index contributed by atoms with van der Waals surface area (Å²) >= 11 is 0. The second kappa shape index (κ2) is 7.33. The lowest BCUT2D eigenvalue weighted by molar-refractivity contribution is -0.136. The first-order valence-corrected chi connectivity index (χ1v) is 9.35. The molecule has 0 radical (unpaired) electrons. The Morgan fingerprint density at radius 1 is 1.19 bits per heavy atom. The van der Waals surface area contributed by atoms with Gasteiger partial charge < -0.3 is 10.3 Å². The van der Waals surface area contributed by atoms with Crippen LogP contribution in [-0.4, -0.2) is 10.5 Å². The molecule has 0 unspecified atom stereocenters. The summed E-state index contributed by atoms with van der Waals surface area (Å²) in [6.45, 7) is 2.40. The van der Waals surface area contributed by atoms with E-state index >= 15 is 0 Å². The number of carbonyl (C=O) groups excluding carboxylic acids is 1. The zero-order valence-corrected chi connectivity index (χ0v) is 15.0. The number of fused-ring (bicyclic) bond motifs is 1. The molecule has 6 heteroatoms. The lowest BCUT2D eigenvalue weighted by Gasteiger charge is -2.17. The van der Waals surface area contributed by atoms with Crippen LogP contribution in [0.5, 0.6) is 0 Å². The molecule has 1 amide bonds. The maximum absolute atomic E-state index is 13.6. The number of hydrogen-bond acceptors (Lipinski definition) is 1. The number of aromatic nitrogens is 1. The molecular formula is C20H25F3N2O. The number of benzene rings is 1. The fourth-order valence-electron chi connectivity index (χ4n) is 4.37. The van der Waals surface area contributed by atoms with Gasteiger partial charge in [-0.15, -0.1) is 0 Å². The molecule has 1 aliphatic rings. The Morgan fingerprint density at radius 2 is 1.85 bits per heavy atom. The Bertz CT molecular complexity index is 799. The summed E-state index contributed by atoms with van der Waals surface area (Å²) in [5.74, 6) is -0.387. The lowest BCUT2D eigenvalue weighted by atomic mass is 9.92. The van der Waals surface area contributed by atoms with Crippen LogP contribution in [0, 0.1) is 5.92 Å². The number of rotatable bonds is 4. The molecule has 1 aromatic carbocycles. The number of halogens is 3. The molecule has 3 rings (SSSR count). The highest BCUT2D eigenvalue weighted by Gasteiger charge is 2.36. The SMILES string of the molecule is CCn1c(CC2CCCCCC2)c(C(N)=O)c2c(C(F)(F)F)cccc21. The van der Waals surface area contributed by atoms with Gasteiger partial charge in [0.25, 0.3) is 5.91 Å². The third kappa shape index (κ3) is 3.46. The molecule has 0 aliphatic heterocycles. The van der Waals surface area contributed by atoms with Crippen molar-refractivity contribution in [1.29, 1.82) is 0 Å². The molecule has 0 atom stereocenters. The van der Waals surface area contributed by atoms with Crippen LogP contribution in [-0.2, 0) is 19.1 Å². The molecule has 1 saturated carbocycles. The molecule has 1 heterocycles. The van der Waals surface area contributed by atoms with E-state index in [-0.39, 0.29) is 10.9 Å². The number of nitrogens with zero attached hydrogens (tertiary/aromatic N) is 1. The van der Waals surface area contributed by atoms with Crippen LogP contribution in [0.3, 0.4) is 0 Å². The van der Waals surface area contributed by atoms with E-state index in [1.54, 1.807) is 6.07 Å². The minimum Gasteiger partial charge on any atom is -0.366 e. The van der Waals surface area contributed by atoms with Crippen molar-refractivity contribution in [2.45, 2.75) is 64.6 Å². The second-order valence-corrected chi connectivity index (χ2v) is 7.19. The standard InChI is InChI=1S/C20H25F3N2O/c1-2-25-15-11-7-10-14(20(21,22)23)17(15)18(19(24)26)16(25)12-13-8-5-3-4-6-9-13/h7,10-11,13H,2-6,8-9,12H2,1H3,(H2,24,26). The lowest BCUT2D eigenvalue weighted by Crippen LogP contribution is -2.18. The Hall–Kier alpha value is -1.98. The Labute approximate surface area is 151 Å². The topological polar surface area (TPSA) is 48.0 Å². The minimum absolute atomic E-state index is 0.0435. The molecule has 1 aromatic heterocycles. The van der Waals surface area contributed by atoms with Gasteiger partial charge in [0.2, 0.25) is 0 Å². The van der Waals surface area contributed by atoms with Gasteiger partial charge in [-0.25, -0.2) is 0 Å². The number of primary amides is 1. The van der Waals surface area contributed by atoms with E-state index in [1.807, 2.05) is 11.5 Å². The predicted molar refractivity (Wildman–Crippen MR) is 96.0 cm³/mol. The van der Waals surface area contributed by atoms with Crippen LogP contribution in [0.4, 0.5) is 13.2 Å². The molecule has 0 spiro atoms. The summed E-state index contributed by atoms with van der Waals surface area (Å²) in [6.07, 6.45) is 2.86. The summed E-state index contributed by atoms with van der Waals surface area (Å²) in [6, 6.07) is 4.08. The van der Waals surface area contributed by atoms with Crippen LogP contribution < -0.4 is 5.73 Å². The van der Waals surface area contributed by atoms with Crippen molar-refractivity contribution in [2.75, 3.05) is 0 Å². The Balaban J connectivity index is 2.20. The highest BCUT2D eigenvalue weighted by molar-refractivity contribution is 6.09. The number of aryl methyl sites for hydroxylation is 1. The van der Waals surface area contributed by atoms with Gasteiger partial charge in [-0.2, -0.15) is 13.2 Å². The van der Waals surface area contributed by atoms with Gasteiger partial charge in [0.15, 0.2) is 0 Å². The third-order valence-corrected chi connectivity index (χ3v) is 5.52. The highest BCUT2D eigenvalue weighted by atomic mass is 19.4. The van der Waals surface area contributed by atoms with Crippen LogP contribution in [0.2, 0.25) is 0 Å². The third-order valence-electron chi connectivity index (χ3n) is 5.52. The van der Waals surface area contributed by atoms with Crippen molar-refractivity contribution < 1.29 is 18.0 Å². The normalized spacial score (nSPS) is 16.8. The zero-order valence-electron chi connectivity index (χ0n) is 15.0. The van der Waals surface area contributed by atoms with Gasteiger partial charge in [-0.3, -0.25) is 4.79 Å². The van der Waals surface area contributed by atoms with Gasteiger partial charge in [-0.05, 0) is 31.4 Å². The summed E-state index contributed by atoms with van der Waals surface area (Å²) < 4.78 is 42.5. The molecule has 1 aliphatic carbocycles. The first-order chi connectivity index (χ1) is 12.3. The molecule has 0 bridgehead atoms. The second-order valence-electron chi connectivity index (χ2n) is 7.19. The number of nitrogens with two attached hydrogens (primary N) is 1. The largest absolute Gasteiger partial charge is 0.417 e. The molecule has 1 fully saturated rings. The smallest absolute Gasteiger partial charge is 0.366 e. The van der Waals surface area contributed by atoms with E-state index in [0.717, 1.165) is 31.7 Å². The van der Waals surface area contributed by atoms with Crippen molar-refractivity contribution in [3.8, 4) is 0 Å². The molecule has 26 heavy (non-hydrogen) atoms. The quantitative estimate of drug-likeness (QED) is 0.734. The summed E-state index contributed by atoms with van der Waals surface area (Å²) in [5, 5.41) is -0.0435. The zero-order chi connectivity index (χ0) is 18.9. The van der Waals surface area contributed by atoms with Crippen molar-refractivity contribution in [2.24, 2.45) is 11.7 Å².